The molecule has 0 unspecified atom stereocenters. The van der Waals surface area contributed by atoms with E-state index in [1.807, 2.05) is 12.1 Å². The van der Waals surface area contributed by atoms with Gasteiger partial charge in [-0.25, -0.2) is 4.79 Å². The average Bonchev–Trinajstić information content (AvgIpc) is 2.27. The number of nitrogens with zero attached hydrogens (tertiary/aromatic N) is 1. The van der Waals surface area contributed by atoms with Crippen LogP contribution in [-0.4, -0.2) is 25.1 Å². The zero-order chi connectivity index (χ0) is 13.9. The van der Waals surface area contributed by atoms with Gasteiger partial charge in [-0.15, -0.1) is 0 Å². The van der Waals surface area contributed by atoms with E-state index in [0.717, 1.165) is 16.9 Å². The van der Waals surface area contributed by atoms with Gasteiger partial charge in [0.15, 0.2) is 0 Å². The number of methoxy groups -OCH3 is 1. The van der Waals surface area contributed by atoms with Gasteiger partial charge in [0.1, 0.15) is 5.75 Å². The fourth-order valence-corrected chi connectivity index (χ4v) is 1.79. The first-order valence-electron chi connectivity index (χ1n) is 5.93. The second-order valence-electron chi connectivity index (χ2n) is 5.48. The van der Waals surface area contributed by atoms with E-state index in [1.54, 1.807) is 14.2 Å². The van der Waals surface area contributed by atoms with E-state index in [4.69, 9.17) is 10.5 Å². The molecule has 0 aliphatic heterocycles. The van der Waals surface area contributed by atoms with Crippen molar-refractivity contribution < 1.29 is 9.53 Å². The Balaban J connectivity index is 3.07. The van der Waals surface area contributed by atoms with Crippen LogP contribution in [-0.2, 0) is 12.0 Å². The minimum atomic E-state index is -0.428. The van der Waals surface area contributed by atoms with Gasteiger partial charge in [0, 0.05) is 13.6 Å². The average molecular weight is 250 g/mol. The molecule has 18 heavy (non-hydrogen) atoms. The molecule has 1 aromatic rings. The maximum Gasteiger partial charge on any atom is 0.314 e. The van der Waals surface area contributed by atoms with Crippen LogP contribution in [0.15, 0.2) is 18.2 Å². The Morgan fingerprint density at radius 1 is 1.39 bits per heavy atom. The normalized spacial score (nSPS) is 11.2. The van der Waals surface area contributed by atoms with E-state index >= 15 is 0 Å². The Labute approximate surface area is 109 Å². The second kappa shape index (κ2) is 5.29. The highest BCUT2D eigenvalue weighted by Crippen LogP contribution is 2.32. The quantitative estimate of drug-likeness (QED) is 0.896. The lowest BCUT2D eigenvalue weighted by Gasteiger charge is -2.24. The van der Waals surface area contributed by atoms with Crippen molar-refractivity contribution in [3.8, 4) is 5.75 Å². The van der Waals surface area contributed by atoms with Crippen molar-refractivity contribution in [2.75, 3.05) is 14.2 Å². The van der Waals surface area contributed by atoms with Gasteiger partial charge < -0.3 is 15.4 Å². The van der Waals surface area contributed by atoms with Crippen LogP contribution in [0.1, 0.15) is 31.9 Å². The van der Waals surface area contributed by atoms with Crippen LogP contribution in [0.4, 0.5) is 4.79 Å². The van der Waals surface area contributed by atoms with Crippen LogP contribution >= 0.6 is 0 Å². The van der Waals surface area contributed by atoms with Gasteiger partial charge in [-0.1, -0.05) is 26.8 Å². The molecule has 0 aliphatic rings. The molecule has 1 aromatic carbocycles. The molecule has 0 saturated carbocycles. The van der Waals surface area contributed by atoms with Crippen LogP contribution in [0.5, 0.6) is 5.75 Å². The monoisotopic (exact) mass is 250 g/mol. The fourth-order valence-electron chi connectivity index (χ4n) is 1.79. The number of urea groups is 1. The molecular formula is C14H22N2O2. The molecule has 0 fully saturated rings. The minimum Gasteiger partial charge on any atom is -0.496 e. The number of benzene rings is 1. The second-order valence-corrected chi connectivity index (χ2v) is 5.48. The SMILES string of the molecule is COc1ccc(CN(C)C(N)=O)cc1C(C)(C)C. The molecule has 1 rings (SSSR count). The van der Waals surface area contributed by atoms with E-state index in [1.165, 1.54) is 4.90 Å². The van der Waals surface area contributed by atoms with Gasteiger partial charge in [-0.3, -0.25) is 0 Å². The summed E-state index contributed by atoms with van der Waals surface area (Å²) in [4.78, 5) is 12.5. The number of rotatable bonds is 3. The van der Waals surface area contributed by atoms with Crippen molar-refractivity contribution >= 4 is 6.03 Å². The summed E-state index contributed by atoms with van der Waals surface area (Å²) in [7, 11) is 3.35. The van der Waals surface area contributed by atoms with Crippen LogP contribution < -0.4 is 10.5 Å². The topological polar surface area (TPSA) is 55.6 Å². The molecule has 4 nitrogen and oxygen atoms in total. The summed E-state index contributed by atoms with van der Waals surface area (Å²) in [6, 6.07) is 5.53. The van der Waals surface area contributed by atoms with Gasteiger partial charge in [-0.2, -0.15) is 0 Å². The summed E-state index contributed by atoms with van der Waals surface area (Å²) >= 11 is 0. The summed E-state index contributed by atoms with van der Waals surface area (Å²) in [5, 5.41) is 0. The van der Waals surface area contributed by atoms with Gasteiger partial charge in [0.2, 0.25) is 0 Å². The maximum atomic E-state index is 11.0. The first-order chi connectivity index (χ1) is 8.25. The van der Waals surface area contributed by atoms with Crippen molar-refractivity contribution in [2.24, 2.45) is 5.73 Å². The lowest BCUT2D eigenvalue weighted by Crippen LogP contribution is -2.31. The van der Waals surface area contributed by atoms with Gasteiger partial charge >= 0.3 is 6.03 Å². The number of ether oxygens (including phenoxy) is 1. The summed E-state index contributed by atoms with van der Waals surface area (Å²) in [6.07, 6.45) is 0. The molecule has 0 radical (unpaired) electrons. The Morgan fingerprint density at radius 3 is 2.44 bits per heavy atom. The summed E-state index contributed by atoms with van der Waals surface area (Å²) in [5.41, 5.74) is 7.39. The van der Waals surface area contributed by atoms with Crippen LogP contribution in [0.2, 0.25) is 0 Å². The highest BCUT2D eigenvalue weighted by Gasteiger charge is 2.19. The van der Waals surface area contributed by atoms with E-state index in [9.17, 15) is 4.79 Å². The Morgan fingerprint density at radius 2 is 2.00 bits per heavy atom. The predicted octanol–water partition coefficient (Wildman–Crippen LogP) is 2.50. The number of hydrogen-bond acceptors (Lipinski definition) is 2. The van der Waals surface area contributed by atoms with Crippen molar-refractivity contribution in [2.45, 2.75) is 32.7 Å². The summed E-state index contributed by atoms with van der Waals surface area (Å²) < 4.78 is 5.37. The minimum absolute atomic E-state index is 0.00729. The Bertz CT molecular complexity index is 436. The number of nitrogens with two attached hydrogens (primary N) is 1. The molecule has 0 bridgehead atoms. The van der Waals surface area contributed by atoms with Gasteiger partial charge in [0.05, 0.1) is 7.11 Å². The molecule has 0 aromatic heterocycles. The summed E-state index contributed by atoms with van der Waals surface area (Å²) in [5.74, 6) is 0.868. The number of carbonyl (C=O) groups excluding carboxylic acids is 1. The zero-order valence-electron chi connectivity index (χ0n) is 11.8. The lowest BCUT2D eigenvalue weighted by atomic mass is 9.85. The molecule has 4 heteroatoms. The number of primary amides is 1. The molecule has 0 saturated heterocycles. The van der Waals surface area contributed by atoms with Crippen LogP contribution in [0, 0.1) is 0 Å². The molecule has 0 atom stereocenters. The molecule has 0 heterocycles. The Kier molecular flexibility index (Phi) is 4.22. The van der Waals surface area contributed by atoms with Crippen molar-refractivity contribution in [3.63, 3.8) is 0 Å². The van der Waals surface area contributed by atoms with Crippen molar-refractivity contribution in [1.82, 2.24) is 4.90 Å². The van der Waals surface area contributed by atoms with E-state index in [0.29, 0.717) is 6.54 Å². The molecule has 0 aliphatic carbocycles. The highest BCUT2D eigenvalue weighted by atomic mass is 16.5. The molecule has 100 valence electrons. The van der Waals surface area contributed by atoms with E-state index < -0.39 is 6.03 Å². The summed E-state index contributed by atoms with van der Waals surface area (Å²) in [6.45, 7) is 6.90. The predicted molar refractivity (Wildman–Crippen MR) is 72.7 cm³/mol. The van der Waals surface area contributed by atoms with Gasteiger partial charge in [0.25, 0.3) is 0 Å². The largest absolute Gasteiger partial charge is 0.496 e. The third kappa shape index (κ3) is 3.39. The molecule has 0 spiro atoms. The molecular weight excluding hydrogens is 228 g/mol. The van der Waals surface area contributed by atoms with Crippen molar-refractivity contribution in [1.29, 1.82) is 0 Å². The van der Waals surface area contributed by atoms with E-state index in [-0.39, 0.29) is 5.41 Å². The van der Waals surface area contributed by atoms with Crippen molar-refractivity contribution in [3.05, 3.63) is 29.3 Å². The third-order valence-electron chi connectivity index (χ3n) is 2.87. The molecule has 2 N–H and O–H groups in total. The first kappa shape index (κ1) is 14.4. The number of carbonyl (C=O) groups is 1. The highest BCUT2D eigenvalue weighted by molar-refractivity contribution is 5.71. The number of hydrogen-bond donors (Lipinski definition) is 1. The first-order valence-corrected chi connectivity index (χ1v) is 5.93. The standard InChI is InChI=1S/C14H22N2O2/c1-14(2,3)11-8-10(6-7-12(11)18-5)9-16(4)13(15)17/h6-8H,9H2,1-5H3,(H2,15,17). The lowest BCUT2D eigenvalue weighted by molar-refractivity contribution is 0.216. The zero-order valence-corrected chi connectivity index (χ0v) is 11.8. The number of amides is 2. The Hall–Kier alpha value is -1.71. The third-order valence-corrected chi connectivity index (χ3v) is 2.87. The smallest absolute Gasteiger partial charge is 0.314 e. The van der Waals surface area contributed by atoms with Crippen LogP contribution in [0.3, 0.4) is 0 Å². The molecule has 2 amide bonds. The van der Waals surface area contributed by atoms with Crippen LogP contribution in [0.25, 0.3) is 0 Å². The maximum absolute atomic E-state index is 11.0. The van der Waals surface area contributed by atoms with Gasteiger partial charge in [-0.05, 0) is 28.7 Å². The fraction of sp³-hybridized carbons (Fsp3) is 0.500. The van der Waals surface area contributed by atoms with E-state index in [2.05, 4.69) is 26.8 Å².